The lowest BCUT2D eigenvalue weighted by atomic mass is 10.1. The van der Waals surface area contributed by atoms with Crippen molar-refractivity contribution in [1.29, 1.82) is 0 Å². The molecule has 0 aromatic heterocycles. The fraction of sp³-hybridized carbons (Fsp3) is 0.455. The molecule has 3 nitrogen and oxygen atoms in total. The second kappa shape index (κ2) is 12.2. The Bertz CT molecular complexity index is 735. The molecule has 28 heavy (non-hydrogen) atoms. The lowest BCUT2D eigenvalue weighted by Crippen LogP contribution is -2.15. The van der Waals surface area contributed by atoms with Gasteiger partial charge in [0.2, 0.25) is 0 Å². The number of hydrogen-bond acceptors (Lipinski definition) is 3. The largest absolute Gasteiger partial charge is 0.490 e. The zero-order chi connectivity index (χ0) is 20.4. The Labute approximate surface area is 177 Å². The van der Waals surface area contributed by atoms with Crippen molar-refractivity contribution in [3.05, 3.63) is 57.3 Å². The van der Waals surface area contributed by atoms with E-state index in [9.17, 15) is 4.39 Å². The molecule has 2 aromatic rings. The molecule has 1 N–H and O–H groups in total. The maximum Gasteiger partial charge on any atom is 0.163 e. The summed E-state index contributed by atoms with van der Waals surface area (Å²) in [4.78, 5) is 0. The molecule has 154 valence electrons. The van der Waals surface area contributed by atoms with E-state index in [1.54, 1.807) is 18.2 Å². The molecule has 0 bridgehead atoms. The molecule has 0 spiro atoms. The van der Waals surface area contributed by atoms with Crippen LogP contribution in [0, 0.1) is 5.82 Å². The summed E-state index contributed by atoms with van der Waals surface area (Å²) in [5.41, 5.74) is 1.25. The third kappa shape index (κ3) is 6.84. The molecule has 0 amide bonds. The maximum absolute atomic E-state index is 14.0. The number of unbranched alkanes of at least 4 members (excludes halogenated alkanes) is 3. The van der Waals surface area contributed by atoms with Gasteiger partial charge in [0.05, 0.1) is 11.6 Å². The van der Waals surface area contributed by atoms with Crippen LogP contribution < -0.4 is 14.8 Å². The fourth-order valence-electron chi connectivity index (χ4n) is 2.81. The highest BCUT2D eigenvalue weighted by atomic mass is 35.5. The molecular weight excluding hydrogens is 400 g/mol. The number of benzene rings is 2. The Hall–Kier alpha value is -1.49. The van der Waals surface area contributed by atoms with Gasteiger partial charge in [0.25, 0.3) is 0 Å². The first kappa shape index (κ1) is 22.8. The molecule has 0 saturated carbocycles. The van der Waals surface area contributed by atoms with E-state index < -0.39 is 5.82 Å². The van der Waals surface area contributed by atoms with Crippen LogP contribution in [0.4, 0.5) is 4.39 Å². The average molecular weight is 428 g/mol. The molecule has 0 unspecified atom stereocenters. The van der Waals surface area contributed by atoms with E-state index in [4.69, 9.17) is 32.7 Å². The van der Waals surface area contributed by atoms with Gasteiger partial charge < -0.3 is 14.8 Å². The highest BCUT2D eigenvalue weighted by Gasteiger charge is 2.14. The van der Waals surface area contributed by atoms with E-state index >= 15 is 0 Å². The predicted molar refractivity (Wildman–Crippen MR) is 114 cm³/mol. The number of hydrogen-bond donors (Lipinski definition) is 1. The third-order valence-corrected chi connectivity index (χ3v) is 5.07. The quantitative estimate of drug-likeness (QED) is 0.378. The first-order valence-corrected chi connectivity index (χ1v) is 10.5. The SMILES string of the molecule is CCCCCCNCc1cc(OCC)c(OCc2c(F)cccc2Cl)cc1Cl. The minimum absolute atomic E-state index is 0.00304. The van der Waals surface area contributed by atoms with Gasteiger partial charge in [-0.1, -0.05) is 55.5 Å². The van der Waals surface area contributed by atoms with Gasteiger partial charge in [0.15, 0.2) is 11.5 Å². The van der Waals surface area contributed by atoms with Gasteiger partial charge in [0.1, 0.15) is 12.4 Å². The van der Waals surface area contributed by atoms with Crippen LogP contribution >= 0.6 is 23.2 Å². The van der Waals surface area contributed by atoms with Crippen molar-refractivity contribution in [3.63, 3.8) is 0 Å². The van der Waals surface area contributed by atoms with Crippen molar-refractivity contribution in [2.45, 2.75) is 52.7 Å². The van der Waals surface area contributed by atoms with E-state index in [2.05, 4.69) is 12.2 Å². The van der Waals surface area contributed by atoms with Crippen molar-refractivity contribution in [3.8, 4) is 11.5 Å². The van der Waals surface area contributed by atoms with Crippen LogP contribution in [-0.2, 0) is 13.2 Å². The second-order valence-corrected chi connectivity index (χ2v) is 7.36. The van der Waals surface area contributed by atoms with Gasteiger partial charge in [-0.2, -0.15) is 0 Å². The van der Waals surface area contributed by atoms with Crippen LogP contribution in [0.2, 0.25) is 10.0 Å². The molecule has 0 aliphatic carbocycles. The summed E-state index contributed by atoms with van der Waals surface area (Å²) in [7, 11) is 0. The minimum atomic E-state index is -0.402. The van der Waals surface area contributed by atoms with Gasteiger partial charge in [-0.25, -0.2) is 4.39 Å². The van der Waals surface area contributed by atoms with Crippen molar-refractivity contribution in [2.24, 2.45) is 0 Å². The standard InChI is InChI=1S/C22H28Cl2FNO2/c1-3-5-6-7-11-26-14-16-12-21(27-4-2)22(13-19(16)24)28-15-17-18(23)9-8-10-20(17)25/h8-10,12-13,26H,3-7,11,14-15H2,1-2H3. The van der Waals surface area contributed by atoms with Crippen molar-refractivity contribution in [2.75, 3.05) is 13.2 Å². The number of ether oxygens (including phenoxy) is 2. The van der Waals surface area contributed by atoms with Gasteiger partial charge in [-0.3, -0.25) is 0 Å². The molecule has 2 aromatic carbocycles. The van der Waals surface area contributed by atoms with Crippen LogP contribution in [0.1, 0.15) is 50.7 Å². The zero-order valence-corrected chi connectivity index (χ0v) is 18.0. The van der Waals surface area contributed by atoms with Crippen LogP contribution in [0.15, 0.2) is 30.3 Å². The molecule has 0 heterocycles. The van der Waals surface area contributed by atoms with Crippen molar-refractivity contribution in [1.82, 2.24) is 5.32 Å². The van der Waals surface area contributed by atoms with Gasteiger partial charge in [0, 0.05) is 23.2 Å². The van der Waals surface area contributed by atoms with E-state index in [0.717, 1.165) is 18.5 Å². The summed E-state index contributed by atoms with van der Waals surface area (Å²) >= 11 is 12.5. The van der Waals surface area contributed by atoms with Crippen LogP contribution in [0.25, 0.3) is 0 Å². The van der Waals surface area contributed by atoms with E-state index in [-0.39, 0.29) is 6.61 Å². The average Bonchev–Trinajstić information content (AvgIpc) is 2.67. The number of rotatable bonds is 12. The highest BCUT2D eigenvalue weighted by molar-refractivity contribution is 6.31. The lowest BCUT2D eigenvalue weighted by molar-refractivity contribution is 0.265. The van der Waals surface area contributed by atoms with E-state index in [1.807, 2.05) is 13.0 Å². The van der Waals surface area contributed by atoms with Crippen LogP contribution in [-0.4, -0.2) is 13.2 Å². The summed E-state index contributed by atoms with van der Waals surface area (Å²) in [6, 6.07) is 8.15. The Kier molecular flexibility index (Phi) is 9.89. The summed E-state index contributed by atoms with van der Waals surface area (Å²) in [5.74, 6) is 0.653. The molecule has 0 aliphatic rings. The molecule has 0 atom stereocenters. The van der Waals surface area contributed by atoms with Crippen molar-refractivity contribution < 1.29 is 13.9 Å². The Morgan fingerprint density at radius 3 is 2.46 bits per heavy atom. The minimum Gasteiger partial charge on any atom is -0.490 e. The van der Waals surface area contributed by atoms with Gasteiger partial charge >= 0.3 is 0 Å². The smallest absolute Gasteiger partial charge is 0.163 e. The fourth-order valence-corrected chi connectivity index (χ4v) is 3.25. The zero-order valence-electron chi connectivity index (χ0n) is 16.5. The lowest BCUT2D eigenvalue weighted by Gasteiger charge is -2.16. The summed E-state index contributed by atoms with van der Waals surface area (Å²) in [6.07, 6.45) is 4.86. The molecule has 0 aliphatic heterocycles. The molecule has 0 fully saturated rings. The van der Waals surface area contributed by atoms with E-state index in [1.165, 1.54) is 25.3 Å². The predicted octanol–water partition coefficient (Wildman–Crippen LogP) is 6.78. The second-order valence-electron chi connectivity index (χ2n) is 6.55. The first-order valence-electron chi connectivity index (χ1n) is 9.78. The highest BCUT2D eigenvalue weighted by Crippen LogP contribution is 2.35. The summed E-state index contributed by atoms with van der Waals surface area (Å²) in [6.45, 7) is 6.19. The summed E-state index contributed by atoms with van der Waals surface area (Å²) < 4.78 is 25.5. The monoisotopic (exact) mass is 427 g/mol. The Morgan fingerprint density at radius 1 is 0.964 bits per heavy atom. The van der Waals surface area contributed by atoms with Gasteiger partial charge in [-0.15, -0.1) is 0 Å². The van der Waals surface area contributed by atoms with Crippen molar-refractivity contribution >= 4 is 23.2 Å². The topological polar surface area (TPSA) is 30.5 Å². The third-order valence-electron chi connectivity index (χ3n) is 4.37. The number of halogens is 3. The molecule has 6 heteroatoms. The Balaban J connectivity index is 2.05. The molecular formula is C22H28Cl2FNO2. The van der Waals surface area contributed by atoms with Gasteiger partial charge in [-0.05, 0) is 43.7 Å². The first-order chi connectivity index (χ1) is 13.6. The normalized spacial score (nSPS) is 10.9. The molecule has 0 radical (unpaired) electrons. The van der Waals surface area contributed by atoms with Crippen LogP contribution in [0.3, 0.4) is 0 Å². The number of nitrogens with one attached hydrogen (secondary N) is 1. The Morgan fingerprint density at radius 2 is 1.75 bits per heavy atom. The maximum atomic E-state index is 14.0. The van der Waals surface area contributed by atoms with E-state index in [0.29, 0.717) is 40.3 Å². The molecule has 0 saturated heterocycles. The van der Waals surface area contributed by atoms with Crippen LogP contribution in [0.5, 0.6) is 11.5 Å². The summed E-state index contributed by atoms with van der Waals surface area (Å²) in [5, 5.41) is 4.32. The molecule has 2 rings (SSSR count).